The van der Waals surface area contributed by atoms with Gasteiger partial charge < -0.3 is 4.98 Å². The first kappa shape index (κ1) is 7.62. The molecule has 4 nitrogen and oxygen atoms in total. The molecule has 0 saturated carbocycles. The highest BCUT2D eigenvalue weighted by Gasteiger charge is 2.02. The Morgan fingerprint density at radius 1 is 1.54 bits per heavy atom. The molecule has 64 valence electrons. The molecule has 0 bridgehead atoms. The number of aromatic amines is 1. The number of aromatic nitrogens is 2. The third-order valence-corrected chi connectivity index (χ3v) is 2.03. The van der Waals surface area contributed by atoms with Crippen molar-refractivity contribution in [2.45, 2.75) is 0 Å². The second-order valence-corrected chi connectivity index (χ2v) is 2.83. The van der Waals surface area contributed by atoms with Crippen molar-refractivity contribution in [1.29, 1.82) is 5.26 Å². The van der Waals surface area contributed by atoms with Crippen molar-refractivity contribution >= 4 is 11.0 Å². The number of benzene rings is 1. The molecule has 0 spiro atoms. The van der Waals surface area contributed by atoms with Gasteiger partial charge in [0.05, 0.1) is 22.7 Å². The first-order chi connectivity index (χ1) is 6.22. The van der Waals surface area contributed by atoms with Gasteiger partial charge in [-0.1, -0.05) is 0 Å². The Bertz CT molecular complexity index is 556. The van der Waals surface area contributed by atoms with Crippen molar-refractivity contribution in [3.63, 3.8) is 0 Å². The van der Waals surface area contributed by atoms with Crippen LogP contribution in [0.1, 0.15) is 5.56 Å². The third-order valence-electron chi connectivity index (χ3n) is 2.03. The van der Waals surface area contributed by atoms with Crippen molar-refractivity contribution in [2.75, 3.05) is 0 Å². The van der Waals surface area contributed by atoms with Crippen molar-refractivity contribution in [1.82, 2.24) is 9.55 Å². The van der Waals surface area contributed by atoms with Crippen LogP contribution in [0.15, 0.2) is 23.0 Å². The van der Waals surface area contributed by atoms with Gasteiger partial charge in [-0.3, -0.25) is 4.57 Å². The van der Waals surface area contributed by atoms with Crippen LogP contribution in [-0.4, -0.2) is 9.55 Å². The van der Waals surface area contributed by atoms with E-state index in [9.17, 15) is 4.79 Å². The van der Waals surface area contributed by atoms with Gasteiger partial charge in [-0.25, -0.2) is 4.79 Å². The second kappa shape index (κ2) is 2.49. The number of rotatable bonds is 0. The molecule has 1 aromatic carbocycles. The van der Waals surface area contributed by atoms with Crippen molar-refractivity contribution in [3.8, 4) is 6.07 Å². The van der Waals surface area contributed by atoms with Crippen LogP contribution in [0.4, 0.5) is 0 Å². The quantitative estimate of drug-likeness (QED) is 0.638. The van der Waals surface area contributed by atoms with Gasteiger partial charge in [0.25, 0.3) is 0 Å². The molecule has 0 aliphatic heterocycles. The summed E-state index contributed by atoms with van der Waals surface area (Å²) in [7, 11) is 1.67. The Morgan fingerprint density at radius 2 is 2.31 bits per heavy atom. The maximum atomic E-state index is 11.2. The number of imidazole rings is 1. The topological polar surface area (TPSA) is 61.6 Å². The minimum atomic E-state index is -0.162. The van der Waals surface area contributed by atoms with E-state index in [2.05, 4.69) is 4.98 Å². The number of hydrogen-bond donors (Lipinski definition) is 1. The van der Waals surface area contributed by atoms with Crippen LogP contribution < -0.4 is 5.69 Å². The number of nitriles is 1. The fourth-order valence-electron chi connectivity index (χ4n) is 1.29. The van der Waals surface area contributed by atoms with Crippen LogP contribution >= 0.6 is 0 Å². The van der Waals surface area contributed by atoms with E-state index >= 15 is 0 Å². The molecule has 1 aromatic heterocycles. The summed E-state index contributed by atoms with van der Waals surface area (Å²) in [5.74, 6) is 0. The summed E-state index contributed by atoms with van der Waals surface area (Å²) in [6.45, 7) is 0. The first-order valence-electron chi connectivity index (χ1n) is 3.81. The van der Waals surface area contributed by atoms with Gasteiger partial charge in [0.15, 0.2) is 0 Å². The predicted octanol–water partition coefficient (Wildman–Crippen LogP) is 0.738. The number of hydrogen-bond acceptors (Lipinski definition) is 2. The van der Waals surface area contributed by atoms with Gasteiger partial charge in [0.2, 0.25) is 0 Å². The van der Waals surface area contributed by atoms with Crippen LogP contribution in [0, 0.1) is 11.3 Å². The Labute approximate surface area is 74.0 Å². The number of H-pyrrole nitrogens is 1. The molecule has 4 heteroatoms. The molecule has 2 rings (SSSR count). The number of nitrogens with one attached hydrogen (secondary N) is 1. The zero-order valence-electron chi connectivity index (χ0n) is 7.03. The van der Waals surface area contributed by atoms with Crippen molar-refractivity contribution in [2.24, 2.45) is 7.05 Å². The van der Waals surface area contributed by atoms with E-state index in [-0.39, 0.29) is 5.69 Å². The maximum Gasteiger partial charge on any atom is 0.326 e. The van der Waals surface area contributed by atoms with Gasteiger partial charge in [-0.15, -0.1) is 0 Å². The highest BCUT2D eigenvalue weighted by atomic mass is 16.1. The monoisotopic (exact) mass is 173 g/mol. The molecule has 13 heavy (non-hydrogen) atoms. The number of aryl methyl sites for hydroxylation is 1. The zero-order valence-corrected chi connectivity index (χ0v) is 7.03. The lowest BCUT2D eigenvalue weighted by atomic mass is 10.2. The van der Waals surface area contributed by atoms with Crippen molar-refractivity contribution in [3.05, 3.63) is 34.2 Å². The van der Waals surface area contributed by atoms with Gasteiger partial charge in [-0.05, 0) is 18.2 Å². The van der Waals surface area contributed by atoms with E-state index in [1.807, 2.05) is 6.07 Å². The number of fused-ring (bicyclic) bond motifs is 1. The lowest BCUT2D eigenvalue weighted by Crippen LogP contribution is -2.11. The molecule has 0 aliphatic carbocycles. The molecule has 0 amide bonds. The average Bonchev–Trinajstić information content (AvgIpc) is 2.43. The standard InChI is InChI=1S/C9H7N3O/c1-12-8-4-6(5-10)2-3-7(8)11-9(12)13/h2-4H,1H3,(H,11,13). The summed E-state index contributed by atoms with van der Waals surface area (Å²) in [4.78, 5) is 13.8. The van der Waals surface area contributed by atoms with Gasteiger partial charge >= 0.3 is 5.69 Å². The fourth-order valence-corrected chi connectivity index (χ4v) is 1.29. The number of nitrogens with zero attached hydrogens (tertiary/aromatic N) is 2. The Kier molecular flexibility index (Phi) is 1.46. The van der Waals surface area contributed by atoms with E-state index in [0.717, 1.165) is 11.0 Å². The third kappa shape index (κ3) is 1.02. The molecule has 0 aliphatic rings. The van der Waals surface area contributed by atoms with Gasteiger partial charge in [0, 0.05) is 7.05 Å². The Hall–Kier alpha value is -2.02. The van der Waals surface area contributed by atoms with Gasteiger partial charge in [0.1, 0.15) is 0 Å². The summed E-state index contributed by atoms with van der Waals surface area (Å²) >= 11 is 0. The van der Waals surface area contributed by atoms with Crippen LogP contribution in [0.25, 0.3) is 11.0 Å². The highest BCUT2D eigenvalue weighted by molar-refractivity contribution is 5.76. The van der Waals surface area contributed by atoms with E-state index < -0.39 is 0 Å². The van der Waals surface area contributed by atoms with E-state index in [1.54, 1.807) is 25.2 Å². The van der Waals surface area contributed by atoms with E-state index in [1.165, 1.54) is 4.57 Å². The van der Waals surface area contributed by atoms with Crippen LogP contribution in [0.2, 0.25) is 0 Å². The second-order valence-electron chi connectivity index (χ2n) is 2.83. The van der Waals surface area contributed by atoms with Gasteiger partial charge in [-0.2, -0.15) is 5.26 Å². The summed E-state index contributed by atoms with van der Waals surface area (Å²) < 4.78 is 1.48. The smallest absolute Gasteiger partial charge is 0.306 e. The van der Waals surface area contributed by atoms with Crippen LogP contribution in [0.3, 0.4) is 0 Å². The first-order valence-corrected chi connectivity index (χ1v) is 3.81. The summed E-state index contributed by atoms with van der Waals surface area (Å²) in [5, 5.41) is 8.65. The molecule has 0 radical (unpaired) electrons. The normalized spacial score (nSPS) is 10.2. The molecular weight excluding hydrogens is 166 g/mol. The predicted molar refractivity (Wildman–Crippen MR) is 48.3 cm³/mol. The summed E-state index contributed by atoms with van der Waals surface area (Å²) in [6.07, 6.45) is 0. The zero-order chi connectivity index (χ0) is 9.42. The van der Waals surface area contributed by atoms with Crippen LogP contribution in [-0.2, 0) is 7.05 Å². The molecule has 2 aromatic rings. The SMILES string of the molecule is Cn1c(=O)[nH]c2ccc(C#N)cc21. The molecule has 0 saturated heterocycles. The Morgan fingerprint density at radius 3 is 3.00 bits per heavy atom. The molecule has 1 N–H and O–H groups in total. The maximum absolute atomic E-state index is 11.2. The molecule has 0 fully saturated rings. The summed E-state index contributed by atoms with van der Waals surface area (Å²) in [5.41, 5.74) is 1.91. The van der Waals surface area contributed by atoms with E-state index in [4.69, 9.17) is 5.26 Å². The molecule has 0 atom stereocenters. The highest BCUT2D eigenvalue weighted by Crippen LogP contribution is 2.10. The van der Waals surface area contributed by atoms with E-state index in [0.29, 0.717) is 5.56 Å². The lowest BCUT2D eigenvalue weighted by molar-refractivity contribution is 0.891. The minimum Gasteiger partial charge on any atom is -0.306 e. The Balaban J connectivity index is 2.92. The summed E-state index contributed by atoms with van der Waals surface area (Å²) in [6, 6.07) is 7.12. The fraction of sp³-hybridized carbons (Fsp3) is 0.111. The average molecular weight is 173 g/mol. The molecule has 1 heterocycles. The largest absolute Gasteiger partial charge is 0.326 e. The van der Waals surface area contributed by atoms with Crippen LogP contribution in [0.5, 0.6) is 0 Å². The minimum absolute atomic E-state index is 0.162. The van der Waals surface area contributed by atoms with Crippen molar-refractivity contribution < 1.29 is 0 Å². The lowest BCUT2D eigenvalue weighted by Gasteiger charge is -1.92. The molecule has 0 unspecified atom stereocenters. The molecular formula is C9H7N3O.